The number of rotatable bonds is 3. The van der Waals surface area contributed by atoms with Gasteiger partial charge in [0.05, 0.1) is 6.10 Å². The molecule has 0 aliphatic heterocycles. The van der Waals surface area contributed by atoms with Crippen LogP contribution in [0.5, 0.6) is 0 Å². The highest BCUT2D eigenvalue weighted by Crippen LogP contribution is 2.25. The van der Waals surface area contributed by atoms with Gasteiger partial charge in [-0.15, -0.1) is 0 Å². The van der Waals surface area contributed by atoms with Crippen molar-refractivity contribution in [2.75, 3.05) is 7.11 Å². The summed E-state index contributed by atoms with van der Waals surface area (Å²) in [6.45, 7) is 0. The monoisotopic (exact) mass is 288 g/mol. The average Bonchev–Trinajstić information content (AvgIpc) is 2.86. The summed E-state index contributed by atoms with van der Waals surface area (Å²) in [5.74, 6) is -0.215. The molecule has 1 aromatic heterocycles. The minimum absolute atomic E-state index is 0.0161. The molecule has 0 saturated heterocycles. The van der Waals surface area contributed by atoms with Crippen molar-refractivity contribution in [1.29, 1.82) is 0 Å². The van der Waals surface area contributed by atoms with Crippen molar-refractivity contribution in [3.05, 3.63) is 22.6 Å². The molecule has 16 heavy (non-hydrogen) atoms. The van der Waals surface area contributed by atoms with Crippen molar-refractivity contribution in [3.8, 4) is 0 Å². The van der Waals surface area contributed by atoms with Crippen LogP contribution in [0.15, 0.2) is 21.2 Å². The number of hydrogen-bond donors (Lipinski definition) is 0. The Bertz CT molecular complexity index is 374. The first-order valence-corrected chi connectivity index (χ1v) is 5.99. The molecule has 1 aliphatic carbocycles. The van der Waals surface area contributed by atoms with Gasteiger partial charge in [-0.3, -0.25) is 0 Å². The smallest absolute Gasteiger partial charge is 0.374 e. The van der Waals surface area contributed by atoms with E-state index in [0.29, 0.717) is 4.67 Å². The second-order valence-corrected chi connectivity index (χ2v) is 4.53. The van der Waals surface area contributed by atoms with Crippen molar-refractivity contribution in [2.24, 2.45) is 0 Å². The van der Waals surface area contributed by atoms with E-state index in [2.05, 4.69) is 15.9 Å². The van der Waals surface area contributed by atoms with Crippen LogP contribution in [0, 0.1) is 0 Å². The SMILES string of the molecule is CO[C@@H]1CCC[C@@H]1OC(=O)c1ccc(Br)o1. The van der Waals surface area contributed by atoms with Gasteiger partial charge in [-0.1, -0.05) is 0 Å². The average molecular weight is 289 g/mol. The Labute approximate surface area is 102 Å². The normalized spacial score (nSPS) is 24.6. The highest BCUT2D eigenvalue weighted by atomic mass is 79.9. The molecule has 1 heterocycles. The predicted octanol–water partition coefficient (Wildman–Crippen LogP) is 2.77. The molecule has 1 fully saturated rings. The third-order valence-electron chi connectivity index (χ3n) is 2.73. The predicted molar refractivity (Wildman–Crippen MR) is 60.3 cm³/mol. The van der Waals surface area contributed by atoms with E-state index in [1.165, 1.54) is 0 Å². The molecular weight excluding hydrogens is 276 g/mol. The summed E-state index contributed by atoms with van der Waals surface area (Å²) >= 11 is 3.14. The molecular formula is C11H13BrO4. The van der Waals surface area contributed by atoms with Gasteiger partial charge in [-0.2, -0.15) is 0 Å². The van der Waals surface area contributed by atoms with Crippen LogP contribution >= 0.6 is 15.9 Å². The zero-order chi connectivity index (χ0) is 11.5. The molecule has 4 nitrogen and oxygen atoms in total. The lowest BCUT2D eigenvalue weighted by atomic mass is 10.2. The molecule has 1 aromatic rings. The van der Waals surface area contributed by atoms with Crippen molar-refractivity contribution >= 4 is 21.9 Å². The quantitative estimate of drug-likeness (QED) is 0.803. The first-order chi connectivity index (χ1) is 7.70. The number of esters is 1. The molecule has 2 rings (SSSR count). The number of methoxy groups -OCH3 is 1. The van der Waals surface area contributed by atoms with Gasteiger partial charge in [0, 0.05) is 7.11 Å². The topological polar surface area (TPSA) is 48.7 Å². The van der Waals surface area contributed by atoms with Crippen LogP contribution in [0.1, 0.15) is 29.8 Å². The Balaban J connectivity index is 1.97. The Kier molecular flexibility index (Phi) is 3.66. The van der Waals surface area contributed by atoms with Crippen molar-refractivity contribution in [1.82, 2.24) is 0 Å². The molecule has 2 atom stereocenters. The van der Waals surface area contributed by atoms with E-state index in [-0.39, 0.29) is 18.0 Å². The first-order valence-electron chi connectivity index (χ1n) is 5.20. The number of hydrogen-bond acceptors (Lipinski definition) is 4. The Hall–Kier alpha value is -0.810. The summed E-state index contributed by atoms with van der Waals surface area (Å²) in [5, 5.41) is 0. The number of furan rings is 1. The maximum atomic E-state index is 11.7. The summed E-state index contributed by atoms with van der Waals surface area (Å²) in [6.07, 6.45) is 2.68. The summed E-state index contributed by atoms with van der Waals surface area (Å²) in [4.78, 5) is 11.7. The second kappa shape index (κ2) is 5.01. The molecule has 0 aromatic carbocycles. The van der Waals surface area contributed by atoms with Crippen LogP contribution in [0.2, 0.25) is 0 Å². The summed E-state index contributed by atoms with van der Waals surface area (Å²) in [5.41, 5.74) is 0. The minimum atomic E-state index is -0.431. The van der Waals surface area contributed by atoms with Crippen LogP contribution in [-0.4, -0.2) is 25.3 Å². The number of ether oxygens (including phenoxy) is 2. The van der Waals surface area contributed by atoms with Gasteiger partial charge in [0.1, 0.15) is 6.10 Å². The summed E-state index contributed by atoms with van der Waals surface area (Å²) < 4.78 is 16.2. The van der Waals surface area contributed by atoms with Gasteiger partial charge in [-0.25, -0.2) is 4.79 Å². The molecule has 0 unspecified atom stereocenters. The highest BCUT2D eigenvalue weighted by molar-refractivity contribution is 9.10. The Morgan fingerprint density at radius 1 is 1.44 bits per heavy atom. The van der Waals surface area contributed by atoms with E-state index in [1.807, 2.05) is 0 Å². The molecule has 0 spiro atoms. The maximum Gasteiger partial charge on any atom is 0.374 e. The van der Waals surface area contributed by atoms with E-state index in [1.54, 1.807) is 19.2 Å². The largest absolute Gasteiger partial charge is 0.454 e. The van der Waals surface area contributed by atoms with Gasteiger partial charge >= 0.3 is 5.97 Å². The minimum Gasteiger partial charge on any atom is -0.454 e. The fourth-order valence-electron chi connectivity index (χ4n) is 1.92. The fraction of sp³-hybridized carbons (Fsp3) is 0.545. The van der Waals surface area contributed by atoms with Gasteiger partial charge in [0.2, 0.25) is 5.76 Å². The van der Waals surface area contributed by atoms with Gasteiger partial charge < -0.3 is 13.9 Å². The van der Waals surface area contributed by atoms with Crippen LogP contribution in [0.25, 0.3) is 0 Å². The lowest BCUT2D eigenvalue weighted by Gasteiger charge is -2.17. The lowest BCUT2D eigenvalue weighted by molar-refractivity contribution is -0.0227. The molecule has 0 amide bonds. The number of carbonyl (C=O) groups is 1. The molecule has 1 aliphatic rings. The molecule has 0 N–H and O–H groups in total. The number of carbonyl (C=O) groups excluding carboxylic acids is 1. The first kappa shape index (κ1) is 11.7. The van der Waals surface area contributed by atoms with E-state index >= 15 is 0 Å². The standard InChI is InChI=1S/C11H13BrO4/c1-14-7-3-2-4-8(7)16-11(13)9-5-6-10(12)15-9/h5-8H,2-4H2,1H3/t7-,8+/m1/s1. The van der Waals surface area contributed by atoms with Gasteiger partial charge in [-0.05, 0) is 47.3 Å². The number of halogens is 1. The highest BCUT2D eigenvalue weighted by Gasteiger charge is 2.31. The molecule has 88 valence electrons. The third kappa shape index (κ3) is 2.47. The molecule has 5 heteroatoms. The Morgan fingerprint density at radius 3 is 2.81 bits per heavy atom. The van der Waals surface area contributed by atoms with Gasteiger partial charge in [0.25, 0.3) is 0 Å². The van der Waals surface area contributed by atoms with E-state index in [9.17, 15) is 4.79 Å². The van der Waals surface area contributed by atoms with Crippen molar-refractivity contribution in [3.63, 3.8) is 0 Å². The molecule has 0 bridgehead atoms. The van der Waals surface area contributed by atoms with Gasteiger partial charge in [0.15, 0.2) is 4.67 Å². The summed E-state index contributed by atoms with van der Waals surface area (Å²) in [7, 11) is 1.64. The zero-order valence-corrected chi connectivity index (χ0v) is 10.5. The zero-order valence-electron chi connectivity index (χ0n) is 8.94. The van der Waals surface area contributed by atoms with E-state index < -0.39 is 5.97 Å². The van der Waals surface area contributed by atoms with E-state index in [0.717, 1.165) is 19.3 Å². The van der Waals surface area contributed by atoms with Crippen LogP contribution in [0.3, 0.4) is 0 Å². The van der Waals surface area contributed by atoms with Crippen LogP contribution in [0.4, 0.5) is 0 Å². The third-order valence-corrected chi connectivity index (χ3v) is 3.15. The Morgan fingerprint density at radius 2 is 2.19 bits per heavy atom. The lowest BCUT2D eigenvalue weighted by Crippen LogP contribution is -2.27. The van der Waals surface area contributed by atoms with Crippen LogP contribution < -0.4 is 0 Å². The van der Waals surface area contributed by atoms with Crippen molar-refractivity contribution < 1.29 is 18.7 Å². The van der Waals surface area contributed by atoms with Crippen LogP contribution in [-0.2, 0) is 9.47 Å². The maximum absolute atomic E-state index is 11.7. The van der Waals surface area contributed by atoms with E-state index in [4.69, 9.17) is 13.9 Å². The van der Waals surface area contributed by atoms with Crippen molar-refractivity contribution in [2.45, 2.75) is 31.5 Å². The molecule has 0 radical (unpaired) electrons. The molecule has 1 saturated carbocycles. The fourth-order valence-corrected chi connectivity index (χ4v) is 2.22. The second-order valence-electron chi connectivity index (χ2n) is 3.75. The summed E-state index contributed by atoms with van der Waals surface area (Å²) in [6, 6.07) is 3.25.